The van der Waals surface area contributed by atoms with E-state index in [1.807, 2.05) is 54.6 Å². The highest BCUT2D eigenvalue weighted by Crippen LogP contribution is 2.28. The van der Waals surface area contributed by atoms with Gasteiger partial charge in [0.15, 0.2) is 0 Å². The fourth-order valence-corrected chi connectivity index (χ4v) is 2.20. The van der Waals surface area contributed by atoms with Gasteiger partial charge in [-0.3, -0.25) is 4.98 Å². The summed E-state index contributed by atoms with van der Waals surface area (Å²) in [5.41, 5.74) is 8.78. The Bertz CT molecular complexity index is 711. The van der Waals surface area contributed by atoms with Crippen LogP contribution >= 0.6 is 0 Å². The fourth-order valence-electron chi connectivity index (χ4n) is 2.20. The first kappa shape index (κ1) is 12.6. The predicted octanol–water partition coefficient (Wildman–Crippen LogP) is 3.27. The Hall–Kier alpha value is -2.39. The number of benzene rings is 2. The van der Waals surface area contributed by atoms with Gasteiger partial charge in [-0.2, -0.15) is 0 Å². The van der Waals surface area contributed by atoms with Gasteiger partial charge in [-0.25, -0.2) is 0 Å². The predicted molar refractivity (Wildman–Crippen MR) is 80.4 cm³/mol. The molecule has 1 aromatic heterocycles. The van der Waals surface area contributed by atoms with E-state index in [9.17, 15) is 0 Å². The van der Waals surface area contributed by atoms with Crippen molar-refractivity contribution in [2.24, 2.45) is 5.73 Å². The van der Waals surface area contributed by atoms with Gasteiger partial charge in [0.05, 0.1) is 5.52 Å². The minimum Gasteiger partial charge on any atom is -0.488 e. The van der Waals surface area contributed by atoms with Crippen molar-refractivity contribution >= 4 is 10.9 Å². The molecule has 3 nitrogen and oxygen atoms in total. The smallest absolute Gasteiger partial charge is 0.135 e. The lowest BCUT2D eigenvalue weighted by molar-refractivity contribution is 0.306. The number of aromatic nitrogens is 1. The summed E-state index contributed by atoms with van der Waals surface area (Å²) in [5, 5.41) is 1.01. The Labute approximate surface area is 118 Å². The zero-order valence-corrected chi connectivity index (χ0v) is 11.1. The molecule has 1 heterocycles. The normalized spacial score (nSPS) is 10.7. The average molecular weight is 264 g/mol. The number of para-hydroxylation sites is 1. The molecule has 0 aliphatic rings. The van der Waals surface area contributed by atoms with Crippen LogP contribution in [0.2, 0.25) is 0 Å². The summed E-state index contributed by atoms with van der Waals surface area (Å²) in [7, 11) is 0. The molecule has 0 atom stereocenters. The highest BCUT2D eigenvalue weighted by molar-refractivity contribution is 5.86. The Kier molecular flexibility index (Phi) is 3.61. The highest BCUT2D eigenvalue weighted by Gasteiger charge is 2.09. The van der Waals surface area contributed by atoms with E-state index >= 15 is 0 Å². The van der Waals surface area contributed by atoms with Crippen molar-refractivity contribution < 1.29 is 4.74 Å². The molecule has 0 aliphatic heterocycles. The molecule has 3 aromatic rings. The number of hydrogen-bond acceptors (Lipinski definition) is 3. The second-order valence-electron chi connectivity index (χ2n) is 4.61. The molecule has 0 fully saturated rings. The van der Waals surface area contributed by atoms with Crippen LogP contribution in [0.1, 0.15) is 11.1 Å². The molecular formula is C17H16N2O. The molecule has 0 amide bonds. The zero-order chi connectivity index (χ0) is 13.8. The van der Waals surface area contributed by atoms with Crippen LogP contribution in [0.25, 0.3) is 10.9 Å². The van der Waals surface area contributed by atoms with Crippen LogP contribution in [0.15, 0.2) is 60.8 Å². The Balaban J connectivity index is 1.96. The third kappa shape index (κ3) is 2.49. The molecule has 2 aromatic carbocycles. The van der Waals surface area contributed by atoms with Crippen molar-refractivity contribution in [3.8, 4) is 5.75 Å². The standard InChI is InChI=1S/C17H16N2O/c18-10-14-11-19-16-9-5-4-8-15(16)17(14)20-12-13-6-2-1-3-7-13/h1-9,11H,10,12,18H2. The minimum absolute atomic E-state index is 0.419. The van der Waals surface area contributed by atoms with E-state index in [1.165, 1.54) is 0 Å². The molecule has 0 unspecified atom stereocenters. The third-order valence-electron chi connectivity index (χ3n) is 3.25. The lowest BCUT2D eigenvalue weighted by atomic mass is 10.1. The van der Waals surface area contributed by atoms with E-state index in [1.54, 1.807) is 6.20 Å². The molecule has 0 saturated carbocycles. The summed E-state index contributed by atoms with van der Waals surface area (Å²) in [6.45, 7) is 0.948. The topological polar surface area (TPSA) is 48.1 Å². The van der Waals surface area contributed by atoms with Gasteiger partial charge in [-0.1, -0.05) is 42.5 Å². The van der Waals surface area contributed by atoms with Gasteiger partial charge < -0.3 is 10.5 Å². The van der Waals surface area contributed by atoms with Crippen LogP contribution < -0.4 is 10.5 Å². The van der Waals surface area contributed by atoms with Crippen LogP contribution in [0.4, 0.5) is 0 Å². The maximum Gasteiger partial charge on any atom is 0.135 e. The van der Waals surface area contributed by atoms with Crippen LogP contribution in [-0.2, 0) is 13.2 Å². The summed E-state index contributed by atoms with van der Waals surface area (Å²) < 4.78 is 6.01. The molecule has 0 aliphatic carbocycles. The van der Waals surface area contributed by atoms with Crippen LogP contribution in [0.3, 0.4) is 0 Å². The average Bonchev–Trinajstić information content (AvgIpc) is 2.53. The maximum absolute atomic E-state index is 6.01. The van der Waals surface area contributed by atoms with E-state index in [2.05, 4.69) is 4.98 Å². The highest BCUT2D eigenvalue weighted by atomic mass is 16.5. The van der Waals surface area contributed by atoms with E-state index in [0.29, 0.717) is 13.2 Å². The minimum atomic E-state index is 0.419. The van der Waals surface area contributed by atoms with Crippen molar-refractivity contribution in [1.82, 2.24) is 4.98 Å². The summed E-state index contributed by atoms with van der Waals surface area (Å²) in [6.07, 6.45) is 1.79. The number of fused-ring (bicyclic) bond motifs is 1. The summed E-state index contributed by atoms with van der Waals surface area (Å²) in [6, 6.07) is 18.1. The van der Waals surface area contributed by atoms with Crippen LogP contribution in [0.5, 0.6) is 5.75 Å². The number of nitrogens with zero attached hydrogens (tertiary/aromatic N) is 1. The second-order valence-corrected chi connectivity index (χ2v) is 4.61. The van der Waals surface area contributed by atoms with Crippen molar-refractivity contribution in [3.63, 3.8) is 0 Å². The van der Waals surface area contributed by atoms with E-state index in [0.717, 1.165) is 27.8 Å². The Morgan fingerprint density at radius 1 is 0.950 bits per heavy atom. The molecule has 100 valence electrons. The van der Waals surface area contributed by atoms with Gasteiger partial charge in [0.2, 0.25) is 0 Å². The number of hydrogen-bond donors (Lipinski definition) is 1. The van der Waals surface area contributed by atoms with E-state index in [-0.39, 0.29) is 0 Å². The molecule has 3 rings (SSSR count). The lowest BCUT2D eigenvalue weighted by Gasteiger charge is -2.13. The van der Waals surface area contributed by atoms with Crippen molar-refractivity contribution in [3.05, 3.63) is 71.9 Å². The van der Waals surface area contributed by atoms with Gasteiger partial charge in [-0.15, -0.1) is 0 Å². The molecule has 0 spiro atoms. The quantitative estimate of drug-likeness (QED) is 0.786. The van der Waals surface area contributed by atoms with Gasteiger partial charge in [0.25, 0.3) is 0 Å². The van der Waals surface area contributed by atoms with Crippen molar-refractivity contribution in [2.45, 2.75) is 13.2 Å². The van der Waals surface area contributed by atoms with Crippen molar-refractivity contribution in [1.29, 1.82) is 0 Å². The van der Waals surface area contributed by atoms with E-state index < -0.39 is 0 Å². The monoisotopic (exact) mass is 264 g/mol. The maximum atomic E-state index is 6.01. The zero-order valence-electron chi connectivity index (χ0n) is 11.1. The third-order valence-corrected chi connectivity index (χ3v) is 3.25. The fraction of sp³-hybridized carbons (Fsp3) is 0.118. The van der Waals surface area contributed by atoms with Crippen LogP contribution in [-0.4, -0.2) is 4.98 Å². The molecule has 0 radical (unpaired) electrons. The van der Waals surface area contributed by atoms with E-state index in [4.69, 9.17) is 10.5 Å². The molecule has 0 bridgehead atoms. The summed E-state index contributed by atoms with van der Waals surface area (Å²) in [5.74, 6) is 0.835. The van der Waals surface area contributed by atoms with Crippen molar-refractivity contribution in [2.75, 3.05) is 0 Å². The molecule has 20 heavy (non-hydrogen) atoms. The number of pyridine rings is 1. The summed E-state index contributed by atoms with van der Waals surface area (Å²) in [4.78, 5) is 4.41. The van der Waals surface area contributed by atoms with Gasteiger partial charge in [0.1, 0.15) is 12.4 Å². The first-order valence-electron chi connectivity index (χ1n) is 6.62. The lowest BCUT2D eigenvalue weighted by Crippen LogP contribution is -2.04. The van der Waals surface area contributed by atoms with Gasteiger partial charge in [0, 0.05) is 23.7 Å². The molecule has 0 saturated heterocycles. The number of ether oxygens (including phenoxy) is 1. The van der Waals surface area contributed by atoms with Gasteiger partial charge >= 0.3 is 0 Å². The molecule has 3 heteroatoms. The Morgan fingerprint density at radius 3 is 2.50 bits per heavy atom. The second kappa shape index (κ2) is 5.72. The SMILES string of the molecule is NCc1cnc2ccccc2c1OCc1ccccc1. The molecular weight excluding hydrogens is 248 g/mol. The Morgan fingerprint density at radius 2 is 1.70 bits per heavy atom. The first-order valence-corrected chi connectivity index (χ1v) is 6.62. The molecule has 2 N–H and O–H groups in total. The van der Waals surface area contributed by atoms with Gasteiger partial charge in [-0.05, 0) is 17.7 Å². The number of nitrogens with two attached hydrogens (primary N) is 1. The number of rotatable bonds is 4. The largest absolute Gasteiger partial charge is 0.488 e. The van der Waals surface area contributed by atoms with Crippen LogP contribution in [0, 0.1) is 0 Å². The summed E-state index contributed by atoms with van der Waals surface area (Å²) >= 11 is 0. The first-order chi connectivity index (χ1) is 9.88.